The van der Waals surface area contributed by atoms with E-state index in [0.29, 0.717) is 5.02 Å². The molecule has 208 valence electrons. The van der Waals surface area contributed by atoms with Gasteiger partial charge in [-0.05, 0) is 69.5 Å². The molecule has 0 aliphatic carbocycles. The molecule has 7 nitrogen and oxygen atoms in total. The summed E-state index contributed by atoms with van der Waals surface area (Å²) in [6.07, 6.45) is 0.738. The first kappa shape index (κ1) is 30.2. The summed E-state index contributed by atoms with van der Waals surface area (Å²) in [5.41, 5.74) is 2.89. The van der Waals surface area contributed by atoms with Crippen molar-refractivity contribution in [3.63, 3.8) is 0 Å². The third-order valence-electron chi connectivity index (χ3n) is 6.66. The molecule has 0 bridgehead atoms. The molecule has 0 radical (unpaired) electrons. The summed E-state index contributed by atoms with van der Waals surface area (Å²) in [5.74, 6) is -0.819. The van der Waals surface area contributed by atoms with Crippen LogP contribution < -0.4 is 9.62 Å². The van der Waals surface area contributed by atoms with Crippen LogP contribution >= 0.6 is 11.6 Å². The van der Waals surface area contributed by atoms with Crippen molar-refractivity contribution in [3.05, 3.63) is 94.5 Å². The zero-order valence-electron chi connectivity index (χ0n) is 23.0. The molecule has 39 heavy (non-hydrogen) atoms. The van der Waals surface area contributed by atoms with Gasteiger partial charge in [0.1, 0.15) is 12.6 Å². The van der Waals surface area contributed by atoms with Crippen molar-refractivity contribution in [2.75, 3.05) is 10.8 Å². The van der Waals surface area contributed by atoms with Gasteiger partial charge in [0.2, 0.25) is 11.8 Å². The van der Waals surface area contributed by atoms with Gasteiger partial charge >= 0.3 is 0 Å². The largest absolute Gasteiger partial charge is 0.352 e. The molecule has 9 heteroatoms. The Morgan fingerprint density at radius 3 is 2.26 bits per heavy atom. The Morgan fingerprint density at radius 2 is 1.64 bits per heavy atom. The highest BCUT2D eigenvalue weighted by atomic mass is 35.5. The molecule has 0 aliphatic rings. The first-order valence-electron chi connectivity index (χ1n) is 12.9. The fourth-order valence-electron chi connectivity index (χ4n) is 4.04. The van der Waals surface area contributed by atoms with E-state index in [-0.39, 0.29) is 29.1 Å². The van der Waals surface area contributed by atoms with Crippen molar-refractivity contribution >= 4 is 39.1 Å². The van der Waals surface area contributed by atoms with Crippen molar-refractivity contribution in [2.45, 2.75) is 64.6 Å². The maximum absolute atomic E-state index is 14.0. The number of carbonyl (C=O) groups excluding carboxylic acids is 2. The maximum Gasteiger partial charge on any atom is 0.264 e. The lowest BCUT2D eigenvalue weighted by molar-refractivity contribution is -0.139. The van der Waals surface area contributed by atoms with Crippen LogP contribution in [0.1, 0.15) is 43.9 Å². The Bertz CT molecular complexity index is 1410. The van der Waals surface area contributed by atoms with Gasteiger partial charge in [0.25, 0.3) is 10.0 Å². The molecule has 0 heterocycles. The summed E-state index contributed by atoms with van der Waals surface area (Å²) >= 11 is 6.36. The van der Waals surface area contributed by atoms with Crippen molar-refractivity contribution in [2.24, 2.45) is 0 Å². The molecule has 2 atom stereocenters. The number of nitrogens with zero attached hydrogens (tertiary/aromatic N) is 2. The number of rotatable bonds is 11. The molecule has 0 saturated heterocycles. The summed E-state index contributed by atoms with van der Waals surface area (Å²) in [5, 5.41) is 3.32. The Labute approximate surface area is 236 Å². The molecule has 0 spiro atoms. The van der Waals surface area contributed by atoms with Crippen molar-refractivity contribution < 1.29 is 18.0 Å². The summed E-state index contributed by atoms with van der Waals surface area (Å²) in [6.45, 7) is 8.91. The number of sulfonamides is 1. The first-order chi connectivity index (χ1) is 18.4. The van der Waals surface area contributed by atoms with Crippen LogP contribution in [0.5, 0.6) is 0 Å². The number of hydrogen-bond acceptors (Lipinski definition) is 4. The minimum Gasteiger partial charge on any atom is -0.352 e. The second-order valence-corrected chi connectivity index (χ2v) is 12.0. The summed E-state index contributed by atoms with van der Waals surface area (Å²) in [7, 11) is -4.13. The number of aryl methyl sites for hydroxylation is 2. The number of hydrogen-bond donors (Lipinski definition) is 1. The molecule has 2 amide bonds. The fourth-order valence-corrected chi connectivity index (χ4v) is 5.64. The van der Waals surface area contributed by atoms with Crippen molar-refractivity contribution in [1.82, 2.24) is 10.2 Å². The van der Waals surface area contributed by atoms with E-state index >= 15 is 0 Å². The smallest absolute Gasteiger partial charge is 0.264 e. The van der Waals surface area contributed by atoms with E-state index in [1.54, 1.807) is 37.3 Å². The normalized spacial score (nSPS) is 12.9. The Kier molecular flexibility index (Phi) is 10.2. The third-order valence-corrected chi connectivity index (χ3v) is 8.85. The predicted molar refractivity (Wildman–Crippen MR) is 156 cm³/mol. The van der Waals surface area contributed by atoms with E-state index in [0.717, 1.165) is 27.4 Å². The molecule has 0 unspecified atom stereocenters. The van der Waals surface area contributed by atoms with Gasteiger partial charge in [0.05, 0.1) is 10.6 Å². The minimum atomic E-state index is -4.13. The van der Waals surface area contributed by atoms with Gasteiger partial charge in [-0.2, -0.15) is 0 Å². The van der Waals surface area contributed by atoms with E-state index in [2.05, 4.69) is 5.32 Å². The van der Waals surface area contributed by atoms with E-state index in [1.165, 1.54) is 23.1 Å². The summed E-state index contributed by atoms with van der Waals surface area (Å²) in [6, 6.07) is 19.6. The molecule has 0 saturated carbocycles. The van der Waals surface area contributed by atoms with Crippen LogP contribution in [0.15, 0.2) is 77.7 Å². The molecule has 1 N–H and O–H groups in total. The van der Waals surface area contributed by atoms with E-state index in [4.69, 9.17) is 11.6 Å². The van der Waals surface area contributed by atoms with Gasteiger partial charge < -0.3 is 10.2 Å². The second-order valence-electron chi connectivity index (χ2n) is 9.76. The predicted octanol–water partition coefficient (Wildman–Crippen LogP) is 5.48. The highest BCUT2D eigenvalue weighted by Crippen LogP contribution is 2.28. The zero-order chi connectivity index (χ0) is 28.7. The number of nitrogens with one attached hydrogen (secondary N) is 1. The molecular weight excluding hydrogens is 534 g/mol. The molecule has 0 aliphatic heterocycles. The van der Waals surface area contributed by atoms with Gasteiger partial charge in [-0.1, -0.05) is 72.6 Å². The molecule has 0 fully saturated rings. The van der Waals surface area contributed by atoms with Crippen LogP contribution in [0.3, 0.4) is 0 Å². The molecule has 0 aromatic heterocycles. The van der Waals surface area contributed by atoms with Crippen LogP contribution in [0.4, 0.5) is 5.69 Å². The van der Waals surface area contributed by atoms with Gasteiger partial charge in [-0.15, -0.1) is 0 Å². The highest BCUT2D eigenvalue weighted by molar-refractivity contribution is 7.92. The summed E-state index contributed by atoms with van der Waals surface area (Å²) < 4.78 is 28.7. The standard InChI is InChI=1S/C30H36ClN3O4S/c1-6-23(4)32-30(36)24(5)33(19-25-12-10-11-21(2)17-25)29(35)20-34(26-16-15-22(3)28(31)18-26)39(37,38)27-13-8-7-9-14-27/h7-18,23-24H,6,19-20H2,1-5H3,(H,32,36)/t23-,24+/m0/s1. The monoisotopic (exact) mass is 569 g/mol. The molecule has 3 aromatic rings. The number of benzene rings is 3. The van der Waals surface area contributed by atoms with Gasteiger partial charge in [0.15, 0.2) is 0 Å². The van der Waals surface area contributed by atoms with Crippen molar-refractivity contribution in [1.29, 1.82) is 0 Å². The van der Waals surface area contributed by atoms with Crippen LogP contribution in [0.25, 0.3) is 0 Å². The number of carbonyl (C=O) groups is 2. The number of anilines is 1. The van der Waals surface area contributed by atoms with Crippen molar-refractivity contribution in [3.8, 4) is 0 Å². The molecular formula is C30H36ClN3O4S. The lowest BCUT2D eigenvalue weighted by Gasteiger charge is -2.32. The number of amides is 2. The van der Waals surface area contributed by atoms with Gasteiger partial charge in [0, 0.05) is 17.6 Å². The van der Waals surface area contributed by atoms with Crippen LogP contribution in [0.2, 0.25) is 5.02 Å². The van der Waals surface area contributed by atoms with Crippen LogP contribution in [0, 0.1) is 13.8 Å². The lowest BCUT2D eigenvalue weighted by atomic mass is 10.1. The van der Waals surface area contributed by atoms with Crippen LogP contribution in [-0.2, 0) is 26.2 Å². The zero-order valence-corrected chi connectivity index (χ0v) is 24.6. The molecule has 3 rings (SSSR count). The van der Waals surface area contributed by atoms with Gasteiger partial charge in [-0.25, -0.2) is 8.42 Å². The highest BCUT2D eigenvalue weighted by Gasteiger charge is 2.33. The average Bonchev–Trinajstić information content (AvgIpc) is 2.91. The average molecular weight is 570 g/mol. The Morgan fingerprint density at radius 1 is 0.949 bits per heavy atom. The van der Waals surface area contributed by atoms with E-state index in [1.807, 2.05) is 52.0 Å². The SMILES string of the molecule is CC[C@H](C)NC(=O)[C@@H](C)N(Cc1cccc(C)c1)C(=O)CN(c1ccc(C)c(Cl)c1)S(=O)(=O)c1ccccc1. The first-order valence-corrected chi connectivity index (χ1v) is 14.7. The second kappa shape index (κ2) is 13.1. The van der Waals surface area contributed by atoms with E-state index in [9.17, 15) is 18.0 Å². The quantitative estimate of drug-likeness (QED) is 0.331. The maximum atomic E-state index is 14.0. The van der Waals surface area contributed by atoms with Gasteiger partial charge in [-0.3, -0.25) is 13.9 Å². The minimum absolute atomic E-state index is 0.0438. The Hall–Kier alpha value is -3.36. The van der Waals surface area contributed by atoms with Crippen LogP contribution in [-0.4, -0.2) is 43.8 Å². The lowest BCUT2D eigenvalue weighted by Crippen LogP contribution is -2.52. The third kappa shape index (κ3) is 7.61. The number of halogens is 1. The van der Waals surface area contributed by atoms with E-state index < -0.39 is 28.5 Å². The summed E-state index contributed by atoms with van der Waals surface area (Å²) in [4.78, 5) is 28.5. The Balaban J connectivity index is 2.04. The topological polar surface area (TPSA) is 86.8 Å². The fraction of sp³-hybridized carbons (Fsp3) is 0.333. The molecule has 3 aromatic carbocycles.